The molecule has 2 heteroatoms. The summed E-state index contributed by atoms with van der Waals surface area (Å²) < 4.78 is 5.75. The summed E-state index contributed by atoms with van der Waals surface area (Å²) in [5.41, 5.74) is 2.80. The van der Waals surface area contributed by atoms with Crippen LogP contribution in [0, 0.1) is 5.92 Å². The first-order valence-corrected chi connectivity index (χ1v) is 6.79. The van der Waals surface area contributed by atoms with Gasteiger partial charge >= 0.3 is 0 Å². The van der Waals surface area contributed by atoms with Crippen molar-refractivity contribution < 1.29 is 4.74 Å². The number of hydrogen-bond acceptors (Lipinski definition) is 2. The summed E-state index contributed by atoms with van der Waals surface area (Å²) in [4.78, 5) is 0. The molecule has 2 nitrogen and oxygen atoms in total. The van der Waals surface area contributed by atoms with Gasteiger partial charge in [0.25, 0.3) is 0 Å². The van der Waals surface area contributed by atoms with Crippen LogP contribution >= 0.6 is 0 Å². The molecule has 17 heavy (non-hydrogen) atoms. The number of aryl methyl sites for hydroxylation is 1. The van der Waals surface area contributed by atoms with E-state index in [1.165, 1.54) is 36.1 Å². The van der Waals surface area contributed by atoms with E-state index in [-0.39, 0.29) is 0 Å². The lowest BCUT2D eigenvalue weighted by atomic mass is 9.99. The molecule has 1 heterocycles. The van der Waals surface area contributed by atoms with E-state index in [0.717, 1.165) is 25.4 Å². The van der Waals surface area contributed by atoms with Crippen molar-refractivity contribution in [2.24, 2.45) is 5.92 Å². The van der Waals surface area contributed by atoms with Crippen LogP contribution in [0.3, 0.4) is 0 Å². The number of benzene rings is 1. The predicted molar refractivity (Wildman–Crippen MR) is 69.5 cm³/mol. The van der Waals surface area contributed by atoms with E-state index in [4.69, 9.17) is 4.74 Å². The maximum atomic E-state index is 5.75. The van der Waals surface area contributed by atoms with Gasteiger partial charge in [0.2, 0.25) is 0 Å². The maximum absolute atomic E-state index is 5.75. The van der Waals surface area contributed by atoms with Crippen molar-refractivity contribution in [1.29, 1.82) is 0 Å². The Morgan fingerprint density at radius 3 is 3.06 bits per heavy atom. The first-order chi connectivity index (χ1) is 8.38. The molecule has 1 aromatic carbocycles. The van der Waals surface area contributed by atoms with E-state index in [2.05, 4.69) is 30.6 Å². The molecule has 1 aliphatic carbocycles. The van der Waals surface area contributed by atoms with Gasteiger partial charge in [-0.3, -0.25) is 0 Å². The number of fused-ring (bicyclic) bond motifs is 1. The average Bonchev–Trinajstić information content (AvgIpc) is 3.07. The van der Waals surface area contributed by atoms with Gasteiger partial charge in [-0.15, -0.1) is 0 Å². The van der Waals surface area contributed by atoms with Crippen LogP contribution in [0.2, 0.25) is 0 Å². The van der Waals surface area contributed by atoms with Gasteiger partial charge in [0.15, 0.2) is 0 Å². The largest absolute Gasteiger partial charge is 0.493 e. The van der Waals surface area contributed by atoms with Crippen LogP contribution in [0.1, 0.15) is 30.4 Å². The maximum Gasteiger partial charge on any atom is 0.125 e. The second kappa shape index (κ2) is 4.69. The molecule has 2 aliphatic rings. The van der Waals surface area contributed by atoms with Crippen LogP contribution in [-0.4, -0.2) is 19.7 Å². The predicted octanol–water partition coefficient (Wildman–Crippen LogP) is 2.55. The standard InChI is InChI=1S/C15H21NO/c1-16-14(11-5-6-11)8-7-12-3-2-4-13-9-10-17-15(12)13/h2-4,11,14,16H,5-10H2,1H3. The highest BCUT2D eigenvalue weighted by Gasteiger charge is 2.30. The minimum Gasteiger partial charge on any atom is -0.493 e. The molecule has 0 bridgehead atoms. The second-order valence-electron chi connectivity index (χ2n) is 5.28. The molecule has 1 atom stereocenters. The quantitative estimate of drug-likeness (QED) is 0.841. The fourth-order valence-corrected chi connectivity index (χ4v) is 2.91. The number of nitrogens with one attached hydrogen (secondary N) is 1. The fraction of sp³-hybridized carbons (Fsp3) is 0.600. The van der Waals surface area contributed by atoms with Gasteiger partial charge < -0.3 is 10.1 Å². The van der Waals surface area contributed by atoms with E-state index < -0.39 is 0 Å². The minimum absolute atomic E-state index is 0.701. The van der Waals surface area contributed by atoms with E-state index in [1.54, 1.807) is 0 Å². The van der Waals surface area contributed by atoms with Crippen LogP contribution in [0.4, 0.5) is 0 Å². The molecule has 0 saturated heterocycles. The fourth-order valence-electron chi connectivity index (χ4n) is 2.91. The molecule has 92 valence electrons. The van der Waals surface area contributed by atoms with Crippen molar-refractivity contribution in [3.05, 3.63) is 29.3 Å². The highest BCUT2D eigenvalue weighted by Crippen LogP contribution is 2.36. The average molecular weight is 231 g/mol. The molecule has 0 spiro atoms. The summed E-state index contributed by atoms with van der Waals surface area (Å²) in [5, 5.41) is 3.46. The van der Waals surface area contributed by atoms with Crippen molar-refractivity contribution in [3.63, 3.8) is 0 Å². The van der Waals surface area contributed by atoms with Gasteiger partial charge in [0, 0.05) is 12.5 Å². The van der Waals surface area contributed by atoms with Gasteiger partial charge in [-0.05, 0) is 49.8 Å². The normalized spacial score (nSPS) is 19.8. The van der Waals surface area contributed by atoms with Gasteiger partial charge in [0.1, 0.15) is 5.75 Å². The Bertz CT molecular complexity index is 398. The molecular formula is C15H21NO. The highest BCUT2D eigenvalue weighted by atomic mass is 16.5. The zero-order chi connectivity index (χ0) is 11.7. The summed E-state index contributed by atoms with van der Waals surface area (Å²) >= 11 is 0. The molecule has 0 amide bonds. The SMILES string of the molecule is CNC(CCc1cccc2c1OCC2)C1CC1. The number of ether oxygens (including phenoxy) is 1. The minimum atomic E-state index is 0.701. The molecule has 1 aliphatic heterocycles. The third-order valence-electron chi connectivity index (χ3n) is 4.08. The van der Waals surface area contributed by atoms with Crippen LogP contribution in [0.15, 0.2) is 18.2 Å². The van der Waals surface area contributed by atoms with Gasteiger partial charge in [-0.25, -0.2) is 0 Å². The highest BCUT2D eigenvalue weighted by molar-refractivity contribution is 5.44. The Morgan fingerprint density at radius 1 is 1.41 bits per heavy atom. The number of rotatable bonds is 5. The lowest BCUT2D eigenvalue weighted by Crippen LogP contribution is -2.27. The molecule has 1 saturated carbocycles. The van der Waals surface area contributed by atoms with Crippen LogP contribution in [0.5, 0.6) is 5.75 Å². The Morgan fingerprint density at radius 2 is 2.29 bits per heavy atom. The van der Waals surface area contributed by atoms with Crippen LogP contribution in [0.25, 0.3) is 0 Å². The Kier molecular flexibility index (Phi) is 3.06. The van der Waals surface area contributed by atoms with Gasteiger partial charge in [-0.1, -0.05) is 18.2 Å². The van der Waals surface area contributed by atoms with E-state index in [1.807, 2.05) is 0 Å². The summed E-state index contributed by atoms with van der Waals surface area (Å²) in [6, 6.07) is 7.30. The van der Waals surface area contributed by atoms with Crippen molar-refractivity contribution in [2.75, 3.05) is 13.7 Å². The number of para-hydroxylation sites is 1. The van der Waals surface area contributed by atoms with Crippen molar-refractivity contribution in [1.82, 2.24) is 5.32 Å². The Hall–Kier alpha value is -1.02. The first-order valence-electron chi connectivity index (χ1n) is 6.79. The monoisotopic (exact) mass is 231 g/mol. The van der Waals surface area contributed by atoms with E-state index in [0.29, 0.717) is 6.04 Å². The third kappa shape index (κ3) is 2.32. The second-order valence-corrected chi connectivity index (χ2v) is 5.28. The lowest BCUT2D eigenvalue weighted by molar-refractivity contribution is 0.352. The molecule has 0 aromatic heterocycles. The van der Waals surface area contributed by atoms with Gasteiger partial charge in [0.05, 0.1) is 6.61 Å². The van der Waals surface area contributed by atoms with Crippen LogP contribution < -0.4 is 10.1 Å². The molecule has 1 aromatic rings. The smallest absolute Gasteiger partial charge is 0.125 e. The van der Waals surface area contributed by atoms with E-state index >= 15 is 0 Å². The molecule has 1 fully saturated rings. The topological polar surface area (TPSA) is 21.3 Å². The van der Waals surface area contributed by atoms with Crippen LogP contribution in [-0.2, 0) is 12.8 Å². The number of hydrogen-bond donors (Lipinski definition) is 1. The summed E-state index contributed by atoms with van der Waals surface area (Å²) in [5.74, 6) is 2.11. The first kappa shape index (κ1) is 11.1. The molecule has 0 radical (unpaired) electrons. The van der Waals surface area contributed by atoms with Crippen molar-refractivity contribution in [2.45, 2.75) is 38.1 Å². The molecule has 1 N–H and O–H groups in total. The van der Waals surface area contributed by atoms with Crippen molar-refractivity contribution in [3.8, 4) is 5.75 Å². The zero-order valence-electron chi connectivity index (χ0n) is 10.5. The molecule has 1 unspecified atom stereocenters. The lowest BCUT2D eigenvalue weighted by Gasteiger charge is -2.16. The Labute approximate surface area is 103 Å². The molecular weight excluding hydrogens is 210 g/mol. The van der Waals surface area contributed by atoms with E-state index in [9.17, 15) is 0 Å². The zero-order valence-corrected chi connectivity index (χ0v) is 10.5. The summed E-state index contributed by atoms with van der Waals surface area (Å²) in [6.45, 7) is 0.866. The summed E-state index contributed by atoms with van der Waals surface area (Å²) in [6.07, 6.45) is 6.29. The van der Waals surface area contributed by atoms with Gasteiger partial charge in [-0.2, -0.15) is 0 Å². The Balaban J connectivity index is 1.66. The molecule has 3 rings (SSSR count). The summed E-state index contributed by atoms with van der Waals surface area (Å²) in [7, 11) is 2.09. The van der Waals surface area contributed by atoms with Crippen molar-refractivity contribution >= 4 is 0 Å². The third-order valence-corrected chi connectivity index (χ3v) is 4.08.